The smallest absolute Gasteiger partial charge is 0.168 e. The zero-order valence-electron chi connectivity index (χ0n) is 11.3. The van der Waals surface area contributed by atoms with Crippen molar-refractivity contribution in [3.8, 4) is 0 Å². The van der Waals surface area contributed by atoms with E-state index in [2.05, 4.69) is 5.10 Å². The molecule has 0 amide bonds. The maximum atomic E-state index is 12.8. The lowest BCUT2D eigenvalue weighted by atomic mass is 10.1. The Balaban J connectivity index is 1.68. The number of aromatic nitrogens is 2. The third kappa shape index (κ3) is 2.79. The molecular formula is C16H17FN2O. The molecule has 0 spiro atoms. The third-order valence-electron chi connectivity index (χ3n) is 3.87. The molecule has 0 saturated heterocycles. The average Bonchev–Trinajstić information content (AvgIpc) is 3.09. The Labute approximate surface area is 117 Å². The van der Waals surface area contributed by atoms with E-state index in [1.165, 1.54) is 49.9 Å². The van der Waals surface area contributed by atoms with Crippen molar-refractivity contribution in [1.29, 1.82) is 0 Å². The molecule has 4 heteroatoms. The van der Waals surface area contributed by atoms with Crippen LogP contribution >= 0.6 is 0 Å². The Morgan fingerprint density at radius 2 is 1.90 bits per heavy atom. The molecule has 0 N–H and O–H groups in total. The Morgan fingerprint density at radius 3 is 2.60 bits per heavy atom. The van der Waals surface area contributed by atoms with Gasteiger partial charge in [-0.3, -0.25) is 9.48 Å². The van der Waals surface area contributed by atoms with Gasteiger partial charge in [-0.2, -0.15) is 5.10 Å². The summed E-state index contributed by atoms with van der Waals surface area (Å²) in [5.74, 6) is -0.353. The summed E-state index contributed by atoms with van der Waals surface area (Å²) in [6, 6.07) is 8.05. The van der Waals surface area contributed by atoms with Gasteiger partial charge in [-0.25, -0.2) is 4.39 Å². The van der Waals surface area contributed by atoms with Gasteiger partial charge < -0.3 is 0 Å². The van der Waals surface area contributed by atoms with Gasteiger partial charge in [-0.1, -0.05) is 12.8 Å². The SMILES string of the molecule is O=C(Cc1ccn(C2CCCC2)n1)c1ccc(F)cc1. The molecule has 1 aliphatic carbocycles. The van der Waals surface area contributed by atoms with Crippen LogP contribution in [0.4, 0.5) is 4.39 Å². The number of hydrogen-bond donors (Lipinski definition) is 0. The molecule has 1 aromatic carbocycles. The van der Waals surface area contributed by atoms with Crippen LogP contribution in [-0.2, 0) is 6.42 Å². The standard InChI is InChI=1S/C16H17FN2O/c17-13-7-5-12(6-8-13)16(20)11-14-9-10-19(18-14)15-3-1-2-4-15/h5-10,15H,1-4,11H2. The number of ketones is 1. The second-order valence-electron chi connectivity index (χ2n) is 5.33. The molecule has 104 valence electrons. The lowest BCUT2D eigenvalue weighted by molar-refractivity contribution is 0.0991. The van der Waals surface area contributed by atoms with E-state index in [-0.39, 0.29) is 18.0 Å². The highest BCUT2D eigenvalue weighted by molar-refractivity contribution is 5.97. The number of Topliss-reactive ketones (excluding diaryl/α,β-unsaturated/α-hetero) is 1. The number of hydrogen-bond acceptors (Lipinski definition) is 2. The van der Waals surface area contributed by atoms with Gasteiger partial charge in [-0.05, 0) is 43.2 Å². The summed E-state index contributed by atoms with van der Waals surface area (Å²) >= 11 is 0. The molecular weight excluding hydrogens is 255 g/mol. The zero-order chi connectivity index (χ0) is 13.9. The first-order chi connectivity index (χ1) is 9.72. The molecule has 1 heterocycles. The van der Waals surface area contributed by atoms with Crippen molar-refractivity contribution in [2.75, 3.05) is 0 Å². The summed E-state index contributed by atoms with van der Waals surface area (Å²) in [5.41, 5.74) is 1.31. The van der Waals surface area contributed by atoms with Gasteiger partial charge in [0.05, 0.1) is 18.2 Å². The largest absolute Gasteiger partial charge is 0.294 e. The van der Waals surface area contributed by atoms with E-state index >= 15 is 0 Å². The van der Waals surface area contributed by atoms with Gasteiger partial charge in [0.25, 0.3) is 0 Å². The molecule has 0 radical (unpaired) electrons. The first-order valence-electron chi connectivity index (χ1n) is 7.05. The van der Waals surface area contributed by atoms with Crippen LogP contribution in [0.3, 0.4) is 0 Å². The average molecular weight is 272 g/mol. The number of carbonyl (C=O) groups excluding carboxylic acids is 1. The Kier molecular flexibility index (Phi) is 3.63. The van der Waals surface area contributed by atoms with Gasteiger partial charge in [0.15, 0.2) is 5.78 Å². The fraction of sp³-hybridized carbons (Fsp3) is 0.375. The Morgan fingerprint density at radius 1 is 1.20 bits per heavy atom. The fourth-order valence-corrected chi connectivity index (χ4v) is 2.75. The topological polar surface area (TPSA) is 34.9 Å². The van der Waals surface area contributed by atoms with Crippen LogP contribution in [0.15, 0.2) is 36.5 Å². The van der Waals surface area contributed by atoms with Gasteiger partial charge in [0, 0.05) is 11.8 Å². The molecule has 0 unspecified atom stereocenters. The number of rotatable bonds is 4. The van der Waals surface area contributed by atoms with E-state index in [9.17, 15) is 9.18 Å². The number of nitrogens with zero attached hydrogens (tertiary/aromatic N) is 2. The van der Waals surface area contributed by atoms with Gasteiger partial charge in [0.2, 0.25) is 0 Å². The first kappa shape index (κ1) is 13.0. The minimum absolute atomic E-state index is 0.0262. The molecule has 1 saturated carbocycles. The number of benzene rings is 1. The van der Waals surface area contributed by atoms with E-state index in [1.54, 1.807) is 0 Å². The minimum Gasteiger partial charge on any atom is -0.294 e. The highest BCUT2D eigenvalue weighted by atomic mass is 19.1. The number of carbonyl (C=O) groups is 1. The first-order valence-corrected chi connectivity index (χ1v) is 7.05. The third-order valence-corrected chi connectivity index (χ3v) is 3.87. The Bertz CT molecular complexity index is 597. The van der Waals surface area contributed by atoms with Crippen molar-refractivity contribution < 1.29 is 9.18 Å². The van der Waals surface area contributed by atoms with Crippen LogP contribution in [-0.4, -0.2) is 15.6 Å². The Hall–Kier alpha value is -1.97. The molecule has 1 aliphatic rings. The van der Waals surface area contributed by atoms with Crippen LogP contribution in [0.2, 0.25) is 0 Å². The summed E-state index contributed by atoms with van der Waals surface area (Å²) in [7, 11) is 0. The summed E-state index contributed by atoms with van der Waals surface area (Å²) in [4.78, 5) is 12.1. The molecule has 0 aliphatic heterocycles. The van der Waals surface area contributed by atoms with Crippen molar-refractivity contribution in [3.63, 3.8) is 0 Å². The predicted octanol–water partition coefficient (Wildman–Crippen LogP) is 3.56. The molecule has 2 aromatic rings. The summed E-state index contributed by atoms with van der Waals surface area (Å²) in [6.45, 7) is 0. The second kappa shape index (κ2) is 5.57. The highest BCUT2D eigenvalue weighted by Gasteiger charge is 2.18. The lowest BCUT2D eigenvalue weighted by Gasteiger charge is -2.08. The highest BCUT2D eigenvalue weighted by Crippen LogP contribution is 2.28. The molecule has 20 heavy (non-hydrogen) atoms. The quantitative estimate of drug-likeness (QED) is 0.798. The zero-order valence-corrected chi connectivity index (χ0v) is 11.3. The van der Waals surface area contributed by atoms with Crippen molar-refractivity contribution in [3.05, 3.63) is 53.6 Å². The second-order valence-corrected chi connectivity index (χ2v) is 5.33. The van der Waals surface area contributed by atoms with Crippen molar-refractivity contribution in [2.24, 2.45) is 0 Å². The summed E-state index contributed by atoms with van der Waals surface area (Å²) < 4.78 is 14.8. The van der Waals surface area contributed by atoms with E-state index < -0.39 is 0 Å². The molecule has 3 rings (SSSR count). The van der Waals surface area contributed by atoms with Crippen molar-refractivity contribution >= 4 is 5.78 Å². The van der Waals surface area contributed by atoms with Crippen molar-refractivity contribution in [2.45, 2.75) is 38.1 Å². The van der Waals surface area contributed by atoms with Gasteiger partial charge in [-0.15, -0.1) is 0 Å². The van der Waals surface area contributed by atoms with Gasteiger partial charge >= 0.3 is 0 Å². The molecule has 0 atom stereocenters. The van der Waals surface area contributed by atoms with E-state index in [0.717, 1.165) is 5.69 Å². The van der Waals surface area contributed by atoms with E-state index in [1.807, 2.05) is 16.9 Å². The normalized spacial score (nSPS) is 15.7. The lowest BCUT2D eigenvalue weighted by Crippen LogP contribution is -2.08. The van der Waals surface area contributed by atoms with Crippen LogP contribution < -0.4 is 0 Å². The van der Waals surface area contributed by atoms with Crippen LogP contribution in [0.1, 0.15) is 47.8 Å². The molecule has 3 nitrogen and oxygen atoms in total. The van der Waals surface area contributed by atoms with E-state index in [0.29, 0.717) is 11.6 Å². The van der Waals surface area contributed by atoms with Crippen molar-refractivity contribution in [1.82, 2.24) is 9.78 Å². The summed E-state index contributed by atoms with van der Waals surface area (Å²) in [6.07, 6.45) is 7.09. The molecule has 0 bridgehead atoms. The van der Waals surface area contributed by atoms with Gasteiger partial charge in [0.1, 0.15) is 5.82 Å². The van der Waals surface area contributed by atoms with E-state index in [4.69, 9.17) is 0 Å². The summed E-state index contributed by atoms with van der Waals surface area (Å²) in [5, 5.41) is 4.50. The van der Waals surface area contributed by atoms with Crippen LogP contribution in [0, 0.1) is 5.82 Å². The predicted molar refractivity (Wildman–Crippen MR) is 74.2 cm³/mol. The molecule has 1 aromatic heterocycles. The maximum Gasteiger partial charge on any atom is 0.168 e. The monoisotopic (exact) mass is 272 g/mol. The van der Waals surface area contributed by atoms with Crippen LogP contribution in [0.5, 0.6) is 0 Å². The van der Waals surface area contributed by atoms with Crippen LogP contribution in [0.25, 0.3) is 0 Å². The molecule has 1 fully saturated rings. The fourth-order valence-electron chi connectivity index (χ4n) is 2.75. The minimum atomic E-state index is -0.327. The maximum absolute atomic E-state index is 12.8. The number of halogens is 1.